The second kappa shape index (κ2) is 6.09. The number of rotatable bonds is 2. The fourth-order valence-corrected chi connectivity index (χ4v) is 2.38. The highest BCUT2D eigenvalue weighted by atomic mass is 79.9. The normalized spacial score (nSPS) is 10.3. The smallest absolute Gasteiger partial charge is 0.275 e. The number of carbonyl (C=O) groups is 1. The van der Waals surface area contributed by atoms with Gasteiger partial charge in [0.05, 0.1) is 20.8 Å². The largest absolute Gasteiger partial charge is 0.319 e. The maximum atomic E-state index is 12.0. The summed E-state index contributed by atoms with van der Waals surface area (Å²) in [5.41, 5.74) is 0.628. The Bertz CT molecular complexity index is 649. The van der Waals surface area contributed by atoms with E-state index >= 15 is 0 Å². The first-order valence-electron chi connectivity index (χ1n) is 5.05. The Balaban J connectivity index is 2.30. The summed E-state index contributed by atoms with van der Waals surface area (Å²) in [5, 5.41) is 3.56. The Morgan fingerprint density at radius 2 is 1.84 bits per heavy atom. The molecular formula is C12H6BrCl3N2O. The number of hydrogen-bond acceptors (Lipinski definition) is 2. The van der Waals surface area contributed by atoms with Gasteiger partial charge in [0.15, 0.2) is 0 Å². The molecule has 1 aromatic carbocycles. The van der Waals surface area contributed by atoms with Crippen LogP contribution in [0.5, 0.6) is 0 Å². The van der Waals surface area contributed by atoms with E-state index in [0.29, 0.717) is 25.2 Å². The lowest BCUT2D eigenvalue weighted by atomic mass is 10.3. The third-order valence-corrected chi connectivity index (χ3v) is 3.91. The number of amides is 1. The first-order valence-corrected chi connectivity index (χ1v) is 6.98. The van der Waals surface area contributed by atoms with Gasteiger partial charge in [0.25, 0.3) is 5.91 Å². The topological polar surface area (TPSA) is 42.0 Å². The van der Waals surface area contributed by atoms with Crippen molar-refractivity contribution in [2.45, 2.75) is 0 Å². The molecule has 3 nitrogen and oxygen atoms in total. The van der Waals surface area contributed by atoms with Crippen LogP contribution in [-0.2, 0) is 0 Å². The Labute approximate surface area is 133 Å². The molecule has 1 aromatic heterocycles. The van der Waals surface area contributed by atoms with Gasteiger partial charge in [-0.2, -0.15) is 0 Å². The number of carbonyl (C=O) groups excluding carboxylic acids is 1. The summed E-state index contributed by atoms with van der Waals surface area (Å²) in [4.78, 5) is 16.0. The van der Waals surface area contributed by atoms with E-state index in [1.165, 1.54) is 18.3 Å². The van der Waals surface area contributed by atoms with E-state index in [2.05, 4.69) is 26.2 Å². The molecular weight excluding hydrogens is 374 g/mol. The zero-order chi connectivity index (χ0) is 14.0. The fourth-order valence-electron chi connectivity index (χ4n) is 1.35. The number of nitrogens with one attached hydrogen (secondary N) is 1. The number of nitrogens with zero attached hydrogens (tertiary/aromatic N) is 1. The van der Waals surface area contributed by atoms with Gasteiger partial charge in [0.2, 0.25) is 0 Å². The van der Waals surface area contributed by atoms with E-state index in [9.17, 15) is 4.79 Å². The lowest BCUT2D eigenvalue weighted by Crippen LogP contribution is -2.14. The highest BCUT2D eigenvalue weighted by Crippen LogP contribution is 2.32. The molecule has 0 radical (unpaired) electrons. The standard InChI is InChI=1S/C12H6BrCl3N2O/c13-6-2-1-3-17-11(6)12(19)18-10-5-8(15)7(14)4-9(10)16/h1-5H,(H,18,19). The summed E-state index contributed by atoms with van der Waals surface area (Å²) < 4.78 is 0.587. The molecule has 0 bridgehead atoms. The van der Waals surface area contributed by atoms with E-state index < -0.39 is 5.91 Å². The molecule has 2 rings (SSSR count). The molecule has 0 unspecified atom stereocenters. The van der Waals surface area contributed by atoms with Gasteiger partial charge in [0, 0.05) is 10.7 Å². The lowest BCUT2D eigenvalue weighted by molar-refractivity contribution is 0.102. The van der Waals surface area contributed by atoms with E-state index in [1.807, 2.05) is 0 Å². The van der Waals surface area contributed by atoms with Gasteiger partial charge in [-0.15, -0.1) is 0 Å². The van der Waals surface area contributed by atoms with Crippen molar-refractivity contribution >= 4 is 62.3 Å². The van der Waals surface area contributed by atoms with Crippen molar-refractivity contribution < 1.29 is 4.79 Å². The van der Waals surface area contributed by atoms with Gasteiger partial charge in [-0.1, -0.05) is 34.8 Å². The van der Waals surface area contributed by atoms with Gasteiger partial charge in [-0.3, -0.25) is 4.79 Å². The molecule has 0 aliphatic rings. The minimum atomic E-state index is -0.396. The number of halogens is 4. The lowest BCUT2D eigenvalue weighted by Gasteiger charge is -2.09. The zero-order valence-corrected chi connectivity index (χ0v) is 13.1. The predicted molar refractivity (Wildman–Crippen MR) is 81.4 cm³/mol. The highest BCUT2D eigenvalue weighted by molar-refractivity contribution is 9.10. The van der Waals surface area contributed by atoms with Gasteiger partial charge < -0.3 is 5.32 Å². The second-order valence-corrected chi connectivity index (χ2v) is 5.61. The van der Waals surface area contributed by atoms with Crippen LogP contribution in [-0.4, -0.2) is 10.9 Å². The van der Waals surface area contributed by atoms with Crippen molar-refractivity contribution in [1.82, 2.24) is 4.98 Å². The minimum Gasteiger partial charge on any atom is -0.319 e. The third kappa shape index (κ3) is 3.39. The summed E-state index contributed by atoms with van der Waals surface area (Å²) >= 11 is 20.9. The third-order valence-electron chi connectivity index (χ3n) is 2.23. The number of hydrogen-bond donors (Lipinski definition) is 1. The number of benzene rings is 1. The van der Waals surface area contributed by atoms with Crippen molar-refractivity contribution in [3.63, 3.8) is 0 Å². The van der Waals surface area contributed by atoms with Crippen LogP contribution in [0.2, 0.25) is 15.1 Å². The summed E-state index contributed by atoms with van der Waals surface area (Å²) in [6, 6.07) is 6.39. The van der Waals surface area contributed by atoms with Crippen molar-refractivity contribution in [2.24, 2.45) is 0 Å². The minimum absolute atomic E-state index is 0.254. The maximum Gasteiger partial charge on any atom is 0.275 e. The first kappa shape index (κ1) is 14.6. The molecule has 19 heavy (non-hydrogen) atoms. The number of aromatic nitrogens is 1. The van der Waals surface area contributed by atoms with Gasteiger partial charge >= 0.3 is 0 Å². The Morgan fingerprint density at radius 1 is 1.16 bits per heavy atom. The summed E-state index contributed by atoms with van der Waals surface area (Å²) in [5.74, 6) is -0.396. The van der Waals surface area contributed by atoms with Crippen molar-refractivity contribution in [3.05, 3.63) is 55.7 Å². The molecule has 7 heteroatoms. The average molecular weight is 380 g/mol. The van der Waals surface area contributed by atoms with Crippen molar-refractivity contribution in [1.29, 1.82) is 0 Å². The molecule has 1 N–H and O–H groups in total. The SMILES string of the molecule is O=C(Nc1cc(Cl)c(Cl)cc1Cl)c1ncccc1Br. The van der Waals surface area contributed by atoms with Crippen LogP contribution >= 0.6 is 50.7 Å². The van der Waals surface area contributed by atoms with Crippen LogP contribution < -0.4 is 5.32 Å². The Hall–Kier alpha value is -0.810. The molecule has 0 fully saturated rings. The average Bonchev–Trinajstić information content (AvgIpc) is 2.36. The number of pyridine rings is 1. The van der Waals surface area contributed by atoms with Gasteiger partial charge in [-0.05, 0) is 40.2 Å². The van der Waals surface area contributed by atoms with Crippen LogP contribution in [0.1, 0.15) is 10.5 Å². The number of anilines is 1. The summed E-state index contributed by atoms with van der Waals surface area (Å²) in [7, 11) is 0. The molecule has 2 aromatic rings. The van der Waals surface area contributed by atoms with Gasteiger partial charge in [0.1, 0.15) is 5.69 Å². The molecule has 1 heterocycles. The van der Waals surface area contributed by atoms with Crippen LogP contribution in [0.4, 0.5) is 5.69 Å². The quantitative estimate of drug-likeness (QED) is 0.740. The van der Waals surface area contributed by atoms with Gasteiger partial charge in [-0.25, -0.2) is 4.98 Å². The first-order chi connectivity index (χ1) is 8.99. The molecule has 0 aliphatic heterocycles. The predicted octanol–water partition coefficient (Wildman–Crippen LogP) is 5.06. The molecule has 0 atom stereocenters. The zero-order valence-electron chi connectivity index (χ0n) is 9.25. The summed E-state index contributed by atoms with van der Waals surface area (Å²) in [6.07, 6.45) is 1.52. The highest BCUT2D eigenvalue weighted by Gasteiger charge is 2.14. The monoisotopic (exact) mass is 378 g/mol. The van der Waals surface area contributed by atoms with Crippen LogP contribution in [0.3, 0.4) is 0 Å². The molecule has 98 valence electrons. The Kier molecular flexibility index (Phi) is 4.68. The molecule has 1 amide bonds. The van der Waals surface area contributed by atoms with E-state index in [1.54, 1.807) is 12.1 Å². The maximum absolute atomic E-state index is 12.0. The molecule has 0 aliphatic carbocycles. The van der Waals surface area contributed by atoms with Crippen molar-refractivity contribution in [2.75, 3.05) is 5.32 Å². The van der Waals surface area contributed by atoms with Crippen LogP contribution in [0, 0.1) is 0 Å². The van der Waals surface area contributed by atoms with E-state index in [-0.39, 0.29) is 5.69 Å². The summed E-state index contributed by atoms with van der Waals surface area (Å²) in [6.45, 7) is 0. The molecule has 0 spiro atoms. The van der Waals surface area contributed by atoms with Crippen molar-refractivity contribution in [3.8, 4) is 0 Å². The fraction of sp³-hybridized carbons (Fsp3) is 0. The van der Waals surface area contributed by atoms with Crippen LogP contribution in [0.15, 0.2) is 34.9 Å². The van der Waals surface area contributed by atoms with E-state index in [0.717, 1.165) is 0 Å². The van der Waals surface area contributed by atoms with Crippen LogP contribution in [0.25, 0.3) is 0 Å². The second-order valence-electron chi connectivity index (χ2n) is 3.53. The molecule has 0 saturated carbocycles. The van der Waals surface area contributed by atoms with E-state index in [4.69, 9.17) is 34.8 Å². The Morgan fingerprint density at radius 3 is 2.53 bits per heavy atom. The molecule has 0 saturated heterocycles.